The van der Waals surface area contributed by atoms with Crippen molar-refractivity contribution in [3.63, 3.8) is 0 Å². The quantitative estimate of drug-likeness (QED) is 0.585. The van der Waals surface area contributed by atoms with Crippen molar-refractivity contribution < 1.29 is 13.9 Å². The van der Waals surface area contributed by atoms with Crippen LogP contribution in [0.25, 0.3) is 5.57 Å². The molecule has 0 aliphatic heterocycles. The lowest BCUT2D eigenvalue weighted by atomic mass is 9.99. The van der Waals surface area contributed by atoms with Gasteiger partial charge in [0.15, 0.2) is 0 Å². The number of hydrogen-bond acceptors (Lipinski definition) is 3. The van der Waals surface area contributed by atoms with E-state index in [4.69, 9.17) is 13.9 Å². The second kappa shape index (κ2) is 7.55. The minimum Gasteiger partial charge on any atom is -0.504 e. The zero-order valence-electron chi connectivity index (χ0n) is 13.9. The zero-order chi connectivity index (χ0) is 16.8. The van der Waals surface area contributed by atoms with E-state index in [9.17, 15) is 0 Å². The number of ether oxygens (including phenoxy) is 2. The molecule has 0 fully saturated rings. The fourth-order valence-electron chi connectivity index (χ4n) is 2.59. The molecule has 0 spiro atoms. The molecule has 3 rings (SSSR count). The lowest BCUT2D eigenvalue weighted by Gasteiger charge is -2.13. The molecule has 1 aromatic heterocycles. The number of benzene rings is 2. The largest absolute Gasteiger partial charge is 0.504 e. The molecule has 0 saturated carbocycles. The van der Waals surface area contributed by atoms with Crippen molar-refractivity contribution in [3.05, 3.63) is 95.6 Å². The van der Waals surface area contributed by atoms with Gasteiger partial charge in [-0.3, -0.25) is 0 Å². The van der Waals surface area contributed by atoms with Gasteiger partial charge in [0, 0.05) is 0 Å². The van der Waals surface area contributed by atoms with E-state index in [0.29, 0.717) is 6.61 Å². The highest BCUT2D eigenvalue weighted by Crippen LogP contribution is 2.28. The molecule has 0 aliphatic rings. The van der Waals surface area contributed by atoms with Crippen molar-refractivity contribution in [2.24, 2.45) is 0 Å². The van der Waals surface area contributed by atoms with Crippen LogP contribution in [0.15, 0.2) is 77.6 Å². The zero-order valence-corrected chi connectivity index (χ0v) is 13.9. The van der Waals surface area contributed by atoms with E-state index >= 15 is 0 Å². The highest BCUT2D eigenvalue weighted by atomic mass is 16.5. The van der Waals surface area contributed by atoms with Gasteiger partial charge in [-0.1, -0.05) is 42.5 Å². The van der Waals surface area contributed by atoms with Gasteiger partial charge in [0.1, 0.15) is 18.1 Å². The Kier molecular flexibility index (Phi) is 5.02. The third-order valence-electron chi connectivity index (χ3n) is 3.81. The van der Waals surface area contributed by atoms with Crippen molar-refractivity contribution in [1.82, 2.24) is 0 Å². The molecule has 3 heteroatoms. The van der Waals surface area contributed by atoms with E-state index in [2.05, 4.69) is 6.07 Å². The van der Waals surface area contributed by atoms with Crippen molar-refractivity contribution in [2.75, 3.05) is 7.11 Å². The van der Waals surface area contributed by atoms with E-state index in [-0.39, 0.29) is 0 Å². The molecule has 0 N–H and O–H groups in total. The van der Waals surface area contributed by atoms with E-state index in [1.807, 2.05) is 61.5 Å². The van der Waals surface area contributed by atoms with Crippen LogP contribution in [-0.4, -0.2) is 7.11 Å². The fraction of sp³-hybridized carbons (Fsp3) is 0.143. The molecule has 0 bridgehead atoms. The molecule has 0 unspecified atom stereocenters. The van der Waals surface area contributed by atoms with E-state index in [0.717, 1.165) is 33.8 Å². The molecule has 2 aromatic carbocycles. The lowest BCUT2D eigenvalue weighted by Crippen LogP contribution is -2.01. The molecule has 3 nitrogen and oxygen atoms in total. The third-order valence-corrected chi connectivity index (χ3v) is 3.81. The van der Waals surface area contributed by atoms with Gasteiger partial charge < -0.3 is 13.9 Å². The molecule has 0 atom stereocenters. The van der Waals surface area contributed by atoms with Gasteiger partial charge in [-0.25, -0.2) is 0 Å². The molecule has 122 valence electrons. The summed E-state index contributed by atoms with van der Waals surface area (Å²) in [5.74, 6) is 1.66. The second-order valence-electron chi connectivity index (χ2n) is 5.46. The monoisotopic (exact) mass is 320 g/mol. The summed E-state index contributed by atoms with van der Waals surface area (Å²) in [6.45, 7) is 2.52. The minimum atomic E-state index is 0.475. The summed E-state index contributed by atoms with van der Waals surface area (Å²) < 4.78 is 16.8. The summed E-state index contributed by atoms with van der Waals surface area (Å²) in [6, 6.07) is 19.9. The van der Waals surface area contributed by atoms with Crippen LogP contribution in [0, 0.1) is 6.92 Å². The molecular formula is C21H20O3. The maximum absolute atomic E-state index is 6.01. The number of furan rings is 1. The predicted octanol–water partition coefficient (Wildman–Crippen LogP) is 5.20. The average molecular weight is 320 g/mol. The van der Waals surface area contributed by atoms with Crippen LogP contribution >= 0.6 is 0 Å². The Bertz CT molecular complexity index is 817. The Morgan fingerprint density at radius 1 is 1.00 bits per heavy atom. The Labute approximate surface area is 142 Å². The van der Waals surface area contributed by atoms with Crippen molar-refractivity contribution in [3.8, 4) is 5.75 Å². The first-order valence-corrected chi connectivity index (χ1v) is 7.83. The first-order valence-electron chi connectivity index (χ1n) is 7.83. The Morgan fingerprint density at radius 2 is 1.79 bits per heavy atom. The van der Waals surface area contributed by atoms with Gasteiger partial charge in [-0.05, 0) is 41.8 Å². The second-order valence-corrected chi connectivity index (χ2v) is 5.46. The number of para-hydroxylation sites is 1. The summed E-state index contributed by atoms with van der Waals surface area (Å²) in [6.07, 6.45) is 3.36. The smallest absolute Gasteiger partial charge is 0.137 e. The van der Waals surface area contributed by atoms with Gasteiger partial charge in [0.25, 0.3) is 0 Å². The van der Waals surface area contributed by atoms with Crippen molar-refractivity contribution in [1.29, 1.82) is 0 Å². The first-order chi connectivity index (χ1) is 11.8. The standard InChI is InChI=1S/C21H20O3/c1-16-8-3-6-11-20(16)24-14-17-9-4-5-10-18(17)19(15-22-2)21-12-7-13-23-21/h3-13,15H,14H2,1-2H3. The maximum atomic E-state index is 6.01. The molecule has 24 heavy (non-hydrogen) atoms. The van der Waals surface area contributed by atoms with Crippen molar-refractivity contribution >= 4 is 5.57 Å². The number of hydrogen-bond donors (Lipinski definition) is 0. The normalized spacial score (nSPS) is 11.3. The van der Waals surface area contributed by atoms with Crippen LogP contribution in [0.5, 0.6) is 5.75 Å². The first kappa shape index (κ1) is 15.9. The molecule has 1 heterocycles. The fourth-order valence-corrected chi connectivity index (χ4v) is 2.59. The summed E-state index contributed by atoms with van der Waals surface area (Å²) in [5.41, 5.74) is 4.11. The van der Waals surface area contributed by atoms with Crippen LogP contribution in [0.3, 0.4) is 0 Å². The van der Waals surface area contributed by atoms with Crippen LogP contribution in [0.4, 0.5) is 0 Å². The van der Waals surface area contributed by atoms with Gasteiger partial charge in [0.2, 0.25) is 0 Å². The lowest BCUT2D eigenvalue weighted by molar-refractivity contribution is 0.303. The maximum Gasteiger partial charge on any atom is 0.137 e. The van der Waals surface area contributed by atoms with Gasteiger partial charge >= 0.3 is 0 Å². The predicted molar refractivity (Wildman–Crippen MR) is 94.7 cm³/mol. The van der Waals surface area contributed by atoms with Crippen LogP contribution < -0.4 is 4.74 Å². The van der Waals surface area contributed by atoms with Crippen LogP contribution in [-0.2, 0) is 11.3 Å². The Balaban J connectivity index is 1.90. The highest BCUT2D eigenvalue weighted by Gasteiger charge is 2.13. The Morgan fingerprint density at radius 3 is 2.54 bits per heavy atom. The van der Waals surface area contributed by atoms with E-state index in [1.165, 1.54) is 0 Å². The molecule has 0 amide bonds. The number of rotatable bonds is 6. The minimum absolute atomic E-state index is 0.475. The SMILES string of the molecule is COC=C(c1ccco1)c1ccccc1COc1ccccc1C. The number of aryl methyl sites for hydroxylation is 1. The molecule has 0 aliphatic carbocycles. The molecule has 0 saturated heterocycles. The van der Waals surface area contributed by atoms with Gasteiger partial charge in [-0.15, -0.1) is 0 Å². The van der Waals surface area contributed by atoms with Gasteiger partial charge in [0.05, 0.1) is 25.2 Å². The summed E-state index contributed by atoms with van der Waals surface area (Å²) in [5, 5.41) is 0. The average Bonchev–Trinajstić information content (AvgIpc) is 3.14. The topological polar surface area (TPSA) is 31.6 Å². The Hall–Kier alpha value is -2.94. The molecule has 0 radical (unpaired) electrons. The van der Waals surface area contributed by atoms with Crippen LogP contribution in [0.2, 0.25) is 0 Å². The van der Waals surface area contributed by atoms with E-state index < -0.39 is 0 Å². The third kappa shape index (κ3) is 3.51. The van der Waals surface area contributed by atoms with Crippen LogP contribution in [0.1, 0.15) is 22.5 Å². The van der Waals surface area contributed by atoms with Crippen molar-refractivity contribution in [2.45, 2.75) is 13.5 Å². The highest BCUT2D eigenvalue weighted by molar-refractivity contribution is 5.78. The van der Waals surface area contributed by atoms with E-state index in [1.54, 1.807) is 19.6 Å². The summed E-state index contributed by atoms with van der Waals surface area (Å²) >= 11 is 0. The summed E-state index contributed by atoms with van der Waals surface area (Å²) in [4.78, 5) is 0. The number of methoxy groups -OCH3 is 1. The van der Waals surface area contributed by atoms with Gasteiger partial charge in [-0.2, -0.15) is 0 Å². The molecular weight excluding hydrogens is 300 g/mol. The molecule has 3 aromatic rings. The summed E-state index contributed by atoms with van der Waals surface area (Å²) in [7, 11) is 1.63.